The molecule has 1 aromatic carbocycles. The van der Waals surface area contributed by atoms with Gasteiger partial charge in [-0.1, -0.05) is 37.1 Å². The van der Waals surface area contributed by atoms with Crippen LogP contribution in [0.3, 0.4) is 0 Å². The summed E-state index contributed by atoms with van der Waals surface area (Å²) in [4.78, 5) is 70.8. The number of rotatable bonds is 5. The van der Waals surface area contributed by atoms with E-state index in [-0.39, 0.29) is 38.9 Å². The van der Waals surface area contributed by atoms with Crippen molar-refractivity contribution in [2.75, 3.05) is 6.54 Å². The first-order valence-corrected chi connectivity index (χ1v) is 19.2. The summed E-state index contributed by atoms with van der Waals surface area (Å²) in [5.41, 5.74) is -1.36. The van der Waals surface area contributed by atoms with E-state index in [2.05, 4.69) is 15.4 Å². The van der Waals surface area contributed by atoms with Gasteiger partial charge in [0.15, 0.2) is 0 Å². The first kappa shape index (κ1) is 36.6. The van der Waals surface area contributed by atoms with Crippen LogP contribution in [-0.2, 0) is 47.0 Å². The molecule has 3 aliphatic heterocycles. The highest BCUT2D eigenvalue weighted by Crippen LogP contribution is 2.46. The number of alkyl carbamates (subject to hydrolysis) is 1. The van der Waals surface area contributed by atoms with Crippen LogP contribution in [0.4, 0.5) is 14.0 Å². The van der Waals surface area contributed by atoms with Crippen molar-refractivity contribution in [1.82, 2.24) is 25.2 Å². The molecule has 51 heavy (non-hydrogen) atoms. The van der Waals surface area contributed by atoms with E-state index >= 15 is 0 Å². The number of fused-ring (bicyclic) bond motifs is 3. The molecule has 0 spiro atoms. The maximum atomic E-state index is 14.4. The van der Waals surface area contributed by atoms with Crippen LogP contribution in [0.2, 0.25) is 0 Å². The van der Waals surface area contributed by atoms with Gasteiger partial charge in [-0.15, -0.1) is 0 Å². The third-order valence-electron chi connectivity index (χ3n) is 9.99. The summed E-state index contributed by atoms with van der Waals surface area (Å²) in [6, 6.07) is 2.30. The number of amides is 5. The lowest BCUT2D eigenvalue weighted by Crippen LogP contribution is -2.58. The fraction of sp³-hybridized carbons (Fsp3) is 0.629. The summed E-state index contributed by atoms with van der Waals surface area (Å²) >= 11 is 0. The molecule has 14 nitrogen and oxygen atoms in total. The first-order valence-electron chi connectivity index (χ1n) is 17.6. The second-order valence-electron chi connectivity index (χ2n) is 15.2. The number of hydrogen-bond acceptors (Lipinski definition) is 9. The van der Waals surface area contributed by atoms with E-state index in [0.29, 0.717) is 36.8 Å². The van der Waals surface area contributed by atoms with Crippen molar-refractivity contribution < 1.29 is 46.3 Å². The lowest BCUT2D eigenvalue weighted by molar-refractivity contribution is -0.141. The Morgan fingerprint density at radius 2 is 1.82 bits per heavy atom. The number of nitrogens with zero attached hydrogens (tertiary/aromatic N) is 2. The monoisotopic (exact) mass is 731 g/mol. The normalized spacial score (nSPS) is 28.3. The van der Waals surface area contributed by atoms with Gasteiger partial charge in [0, 0.05) is 24.4 Å². The third-order valence-corrected chi connectivity index (χ3v) is 11.8. The highest BCUT2D eigenvalue weighted by atomic mass is 32.2. The Bertz CT molecular complexity index is 1730. The van der Waals surface area contributed by atoms with E-state index in [0.717, 1.165) is 12.8 Å². The first-order chi connectivity index (χ1) is 24.1. The Labute approximate surface area is 296 Å². The smallest absolute Gasteiger partial charge is 0.410 e. The summed E-state index contributed by atoms with van der Waals surface area (Å²) in [5, 5.41) is 4.79. The molecular formula is C35H46FN5O9S. The van der Waals surface area contributed by atoms with E-state index in [4.69, 9.17) is 9.47 Å². The zero-order valence-corrected chi connectivity index (χ0v) is 29.9. The molecular weight excluding hydrogens is 685 g/mol. The summed E-state index contributed by atoms with van der Waals surface area (Å²) in [6.07, 6.45) is 5.10. The highest BCUT2D eigenvalue weighted by molar-refractivity contribution is 7.91. The van der Waals surface area contributed by atoms with Crippen molar-refractivity contribution in [2.45, 2.75) is 126 Å². The average molecular weight is 732 g/mol. The largest absolute Gasteiger partial charge is 0.444 e. The molecule has 0 aromatic heterocycles. The van der Waals surface area contributed by atoms with Crippen LogP contribution >= 0.6 is 0 Å². The Hall–Kier alpha value is -4.21. The quantitative estimate of drug-likeness (QED) is 0.384. The van der Waals surface area contributed by atoms with Gasteiger partial charge in [-0.25, -0.2) is 22.4 Å². The average Bonchev–Trinajstić information content (AvgIpc) is 3.93. The number of sulfonamides is 1. The summed E-state index contributed by atoms with van der Waals surface area (Å²) < 4.78 is 53.3. The van der Waals surface area contributed by atoms with Crippen LogP contribution in [0.1, 0.15) is 89.7 Å². The van der Waals surface area contributed by atoms with Gasteiger partial charge >= 0.3 is 12.2 Å². The number of halogens is 1. The lowest BCUT2D eigenvalue weighted by Gasteiger charge is -2.30. The molecule has 5 aliphatic rings. The molecule has 5 atom stereocenters. The predicted molar refractivity (Wildman–Crippen MR) is 180 cm³/mol. The minimum Gasteiger partial charge on any atom is -0.444 e. The number of nitrogens with one attached hydrogen (secondary N) is 3. The van der Waals surface area contributed by atoms with Crippen molar-refractivity contribution in [1.29, 1.82) is 0 Å². The van der Waals surface area contributed by atoms with Crippen LogP contribution in [-0.4, -0.2) is 89.2 Å². The van der Waals surface area contributed by atoms with Gasteiger partial charge in [0.2, 0.25) is 21.8 Å². The Morgan fingerprint density at radius 1 is 1.06 bits per heavy atom. The number of carbonyl (C=O) groups is 5. The maximum absolute atomic E-state index is 14.4. The number of ether oxygens (including phenoxy) is 2. The van der Waals surface area contributed by atoms with Crippen molar-refractivity contribution in [3.63, 3.8) is 0 Å². The molecule has 6 rings (SSSR count). The van der Waals surface area contributed by atoms with Crippen LogP contribution in [0.5, 0.6) is 0 Å². The van der Waals surface area contributed by atoms with Gasteiger partial charge in [0.25, 0.3) is 5.91 Å². The molecule has 16 heteroatoms. The number of hydrogen-bond donors (Lipinski definition) is 3. The summed E-state index contributed by atoms with van der Waals surface area (Å²) in [7, 11) is -3.92. The van der Waals surface area contributed by atoms with Crippen LogP contribution in [0.15, 0.2) is 30.4 Å². The minimum atomic E-state index is -3.92. The fourth-order valence-electron chi connectivity index (χ4n) is 7.02. The third kappa shape index (κ3) is 8.31. The van der Waals surface area contributed by atoms with Crippen LogP contribution in [0.25, 0.3) is 0 Å². The molecule has 3 fully saturated rings. The zero-order valence-electron chi connectivity index (χ0n) is 29.1. The maximum Gasteiger partial charge on any atom is 0.410 e. The number of benzene rings is 1. The van der Waals surface area contributed by atoms with E-state index in [1.54, 1.807) is 32.9 Å². The minimum absolute atomic E-state index is 0.00168. The van der Waals surface area contributed by atoms with Crippen molar-refractivity contribution in [3.8, 4) is 0 Å². The summed E-state index contributed by atoms with van der Waals surface area (Å²) in [5.74, 6) is -3.06. The molecule has 2 aliphatic carbocycles. The second-order valence-corrected chi connectivity index (χ2v) is 17.2. The van der Waals surface area contributed by atoms with Crippen molar-refractivity contribution >= 4 is 39.9 Å². The molecule has 5 amide bonds. The molecule has 2 saturated carbocycles. The van der Waals surface area contributed by atoms with Crippen LogP contribution in [0, 0.1) is 11.7 Å². The van der Waals surface area contributed by atoms with Gasteiger partial charge < -0.3 is 25.0 Å². The number of carbonyl (C=O) groups excluding carboxylic acids is 5. The van der Waals surface area contributed by atoms with E-state index in [1.165, 1.54) is 15.9 Å². The van der Waals surface area contributed by atoms with Crippen LogP contribution < -0.4 is 15.4 Å². The Balaban J connectivity index is 1.25. The van der Waals surface area contributed by atoms with E-state index < -0.39 is 86.2 Å². The van der Waals surface area contributed by atoms with Gasteiger partial charge in [-0.05, 0) is 70.9 Å². The van der Waals surface area contributed by atoms with E-state index in [9.17, 15) is 36.8 Å². The molecule has 0 unspecified atom stereocenters. The standard InChI is InChI=1S/C35H46FN5O9S/c1-34(2,3)50-32(45)37-27-13-8-6-4-5-7-11-22-17-35(22,31(44)39-51(47,48)24-14-15-24)38-29(42)28-16-23(19-41(28)30(27)43)49-33(46)40-18-21-10-9-12-26(36)25(21)20-40/h7,9-12,22-24,27-28H,4-6,8,13-20H2,1-3H3,(H,37,45)(H,38,42)(H,39,44)/t22-,23-,27-,28+,35-/m1/s1. The zero-order chi connectivity index (χ0) is 36.7. The number of allylic oxidation sites excluding steroid dienone is 1. The van der Waals surface area contributed by atoms with Gasteiger partial charge in [0.05, 0.1) is 18.3 Å². The molecule has 1 aromatic rings. The highest BCUT2D eigenvalue weighted by Gasteiger charge is 2.62. The van der Waals surface area contributed by atoms with Gasteiger partial charge in [-0.3, -0.25) is 24.0 Å². The SMILES string of the molecule is CC(C)(C)OC(=O)N[C@@H]1CCCCCC=C[C@@H]2C[C@@]2(C(=O)NS(=O)(=O)C2CC2)NC(=O)[C@@H]2C[C@@H](OC(=O)N3Cc4cccc(F)c4C3)CN2C1=O. The molecule has 278 valence electrons. The fourth-order valence-corrected chi connectivity index (χ4v) is 8.39. The van der Waals surface area contributed by atoms with Crippen molar-refractivity contribution in [3.05, 3.63) is 47.3 Å². The molecule has 1 saturated heterocycles. The van der Waals surface area contributed by atoms with Crippen molar-refractivity contribution in [2.24, 2.45) is 5.92 Å². The predicted octanol–water partition coefficient (Wildman–Crippen LogP) is 3.14. The molecule has 0 bridgehead atoms. The summed E-state index contributed by atoms with van der Waals surface area (Å²) in [6.45, 7) is 5.01. The van der Waals surface area contributed by atoms with Gasteiger partial charge in [0.1, 0.15) is 35.1 Å². The molecule has 3 heterocycles. The second kappa shape index (κ2) is 14.1. The van der Waals surface area contributed by atoms with E-state index in [1.807, 2.05) is 12.2 Å². The Kier molecular flexibility index (Phi) is 10.1. The molecule has 3 N–H and O–H groups in total. The Morgan fingerprint density at radius 3 is 2.53 bits per heavy atom. The molecule has 0 radical (unpaired) electrons. The lowest BCUT2D eigenvalue weighted by atomic mass is 10.0. The van der Waals surface area contributed by atoms with Gasteiger partial charge in [-0.2, -0.15) is 0 Å². The topological polar surface area (TPSA) is 181 Å².